The van der Waals surface area contributed by atoms with Gasteiger partial charge in [0.05, 0.1) is 6.42 Å². The average Bonchev–Trinajstić information content (AvgIpc) is 2.34. The van der Waals surface area contributed by atoms with Crippen molar-refractivity contribution in [1.29, 1.82) is 0 Å². The molecule has 0 saturated carbocycles. The van der Waals surface area contributed by atoms with Crippen molar-refractivity contribution < 1.29 is 13.6 Å². The minimum Gasteiger partial charge on any atom is -0.351 e. The predicted molar refractivity (Wildman–Crippen MR) is 70.6 cm³/mol. The summed E-state index contributed by atoms with van der Waals surface area (Å²) in [6.07, 6.45) is 1.02. The number of halogens is 2. The molecule has 1 rings (SSSR count). The van der Waals surface area contributed by atoms with Gasteiger partial charge >= 0.3 is 0 Å². The highest BCUT2D eigenvalue weighted by molar-refractivity contribution is 5.79. The summed E-state index contributed by atoms with van der Waals surface area (Å²) in [5, 5.41) is 2.79. The lowest BCUT2D eigenvalue weighted by atomic mass is 9.94. The molecule has 1 aromatic carbocycles. The molecule has 3 N–H and O–H groups in total. The summed E-state index contributed by atoms with van der Waals surface area (Å²) in [7, 11) is 0. The van der Waals surface area contributed by atoms with E-state index in [-0.39, 0.29) is 12.0 Å². The number of amides is 1. The van der Waals surface area contributed by atoms with Crippen LogP contribution in [0.3, 0.4) is 0 Å². The van der Waals surface area contributed by atoms with Gasteiger partial charge in [0.1, 0.15) is 11.6 Å². The molecule has 0 aliphatic heterocycles. The number of carbonyl (C=O) groups excluding carboxylic acids is 1. The Morgan fingerprint density at radius 3 is 2.42 bits per heavy atom. The highest BCUT2D eigenvalue weighted by atomic mass is 19.1. The van der Waals surface area contributed by atoms with Crippen molar-refractivity contribution in [1.82, 2.24) is 5.32 Å². The Kier molecular flexibility index (Phi) is 5.42. The summed E-state index contributed by atoms with van der Waals surface area (Å²) in [5.41, 5.74) is 4.86. The molecule has 1 amide bonds. The molecule has 5 heteroatoms. The van der Waals surface area contributed by atoms with Crippen LogP contribution in [-0.2, 0) is 11.2 Å². The normalized spacial score (nSPS) is 13.9. The molecule has 0 bridgehead atoms. The molecule has 1 aromatic rings. The quantitative estimate of drug-likeness (QED) is 0.832. The molecule has 0 aromatic heterocycles. The molecule has 3 nitrogen and oxygen atoms in total. The molecule has 0 radical (unpaired) electrons. The van der Waals surface area contributed by atoms with E-state index in [0.29, 0.717) is 19.4 Å². The van der Waals surface area contributed by atoms with Crippen LogP contribution in [0.25, 0.3) is 0 Å². The van der Waals surface area contributed by atoms with E-state index in [1.807, 2.05) is 13.8 Å². The Morgan fingerprint density at radius 2 is 1.95 bits per heavy atom. The van der Waals surface area contributed by atoms with Crippen LogP contribution in [0.5, 0.6) is 0 Å². The zero-order valence-corrected chi connectivity index (χ0v) is 11.3. The first-order valence-corrected chi connectivity index (χ1v) is 6.36. The molecule has 0 heterocycles. The largest absolute Gasteiger partial charge is 0.351 e. The van der Waals surface area contributed by atoms with Crippen LogP contribution < -0.4 is 11.1 Å². The van der Waals surface area contributed by atoms with Gasteiger partial charge in [-0.25, -0.2) is 8.78 Å². The third kappa shape index (κ3) is 4.28. The number of hydrogen-bond acceptors (Lipinski definition) is 2. The molecule has 19 heavy (non-hydrogen) atoms. The van der Waals surface area contributed by atoms with Crippen molar-refractivity contribution in [2.24, 2.45) is 5.73 Å². The second kappa shape index (κ2) is 6.61. The number of rotatable bonds is 6. The Labute approximate surface area is 112 Å². The number of carbonyl (C=O) groups is 1. The first kappa shape index (κ1) is 15.6. The molecular weight excluding hydrogens is 250 g/mol. The van der Waals surface area contributed by atoms with Crippen molar-refractivity contribution in [3.8, 4) is 0 Å². The standard InChI is InChI=1S/C14H20F2N2O/c1-3-14(2,7-8-17)18-13(19)9-10-11(15)5-4-6-12(10)16/h4-6H,3,7-9,17H2,1-2H3,(H,18,19). The van der Waals surface area contributed by atoms with Gasteiger partial charge in [0.25, 0.3) is 0 Å². The summed E-state index contributed by atoms with van der Waals surface area (Å²) >= 11 is 0. The molecule has 0 fully saturated rings. The van der Waals surface area contributed by atoms with Crippen LogP contribution >= 0.6 is 0 Å². The highest BCUT2D eigenvalue weighted by Gasteiger charge is 2.24. The summed E-state index contributed by atoms with van der Waals surface area (Å²) in [6.45, 7) is 4.24. The third-order valence-electron chi connectivity index (χ3n) is 3.32. The van der Waals surface area contributed by atoms with Crippen molar-refractivity contribution in [3.63, 3.8) is 0 Å². The Morgan fingerprint density at radius 1 is 1.37 bits per heavy atom. The van der Waals surface area contributed by atoms with Crippen LogP contribution in [0.1, 0.15) is 32.3 Å². The number of nitrogens with one attached hydrogen (secondary N) is 1. The van der Waals surface area contributed by atoms with Gasteiger partial charge in [-0.05, 0) is 38.4 Å². The number of nitrogens with two attached hydrogens (primary N) is 1. The average molecular weight is 270 g/mol. The van der Waals surface area contributed by atoms with Crippen molar-refractivity contribution in [3.05, 3.63) is 35.4 Å². The lowest BCUT2D eigenvalue weighted by molar-refractivity contribution is -0.122. The second-order valence-corrected chi connectivity index (χ2v) is 4.88. The van der Waals surface area contributed by atoms with Gasteiger partial charge in [0.2, 0.25) is 5.91 Å². The van der Waals surface area contributed by atoms with E-state index in [1.165, 1.54) is 6.07 Å². The maximum absolute atomic E-state index is 13.4. The fourth-order valence-corrected chi connectivity index (χ4v) is 1.89. The fourth-order valence-electron chi connectivity index (χ4n) is 1.89. The summed E-state index contributed by atoms with van der Waals surface area (Å²) in [5.74, 6) is -1.80. The summed E-state index contributed by atoms with van der Waals surface area (Å²) < 4.78 is 26.9. The molecule has 106 valence electrons. The smallest absolute Gasteiger partial charge is 0.225 e. The van der Waals surface area contributed by atoms with Crippen LogP contribution in [0.2, 0.25) is 0 Å². The zero-order chi connectivity index (χ0) is 14.5. The topological polar surface area (TPSA) is 55.1 Å². The van der Waals surface area contributed by atoms with Gasteiger partial charge in [0, 0.05) is 11.1 Å². The lowest BCUT2D eigenvalue weighted by Gasteiger charge is -2.29. The first-order chi connectivity index (χ1) is 8.91. The molecule has 0 aliphatic rings. The van der Waals surface area contributed by atoms with Crippen molar-refractivity contribution in [2.75, 3.05) is 6.54 Å². The molecule has 0 saturated heterocycles. The van der Waals surface area contributed by atoms with Crippen molar-refractivity contribution in [2.45, 2.75) is 38.6 Å². The molecule has 0 spiro atoms. The van der Waals surface area contributed by atoms with Gasteiger partial charge in [0.15, 0.2) is 0 Å². The van der Waals surface area contributed by atoms with Gasteiger partial charge < -0.3 is 11.1 Å². The minimum atomic E-state index is -0.702. The highest BCUT2D eigenvalue weighted by Crippen LogP contribution is 2.16. The van der Waals surface area contributed by atoms with Crippen molar-refractivity contribution >= 4 is 5.91 Å². The zero-order valence-electron chi connectivity index (χ0n) is 11.3. The van der Waals surface area contributed by atoms with Gasteiger partial charge in [-0.3, -0.25) is 4.79 Å². The summed E-state index contributed by atoms with van der Waals surface area (Å²) in [6, 6.07) is 3.56. The number of hydrogen-bond donors (Lipinski definition) is 2. The molecule has 0 aliphatic carbocycles. The molecule has 1 unspecified atom stereocenters. The van der Waals surface area contributed by atoms with Crippen LogP contribution in [0.15, 0.2) is 18.2 Å². The van der Waals surface area contributed by atoms with Crippen LogP contribution in [-0.4, -0.2) is 18.0 Å². The molecule has 1 atom stereocenters. The second-order valence-electron chi connectivity index (χ2n) is 4.88. The maximum Gasteiger partial charge on any atom is 0.225 e. The minimum absolute atomic E-state index is 0.203. The Balaban J connectivity index is 2.75. The third-order valence-corrected chi connectivity index (χ3v) is 3.32. The van der Waals surface area contributed by atoms with Crippen LogP contribution in [0, 0.1) is 11.6 Å². The van der Waals surface area contributed by atoms with E-state index < -0.39 is 23.1 Å². The molecular formula is C14H20F2N2O. The maximum atomic E-state index is 13.4. The summed E-state index contributed by atoms with van der Waals surface area (Å²) in [4.78, 5) is 11.9. The predicted octanol–water partition coefficient (Wildman–Crippen LogP) is 2.14. The van der Waals surface area contributed by atoms with Gasteiger partial charge in [-0.1, -0.05) is 13.0 Å². The van der Waals surface area contributed by atoms with E-state index in [9.17, 15) is 13.6 Å². The van der Waals surface area contributed by atoms with E-state index >= 15 is 0 Å². The first-order valence-electron chi connectivity index (χ1n) is 6.36. The monoisotopic (exact) mass is 270 g/mol. The Bertz CT molecular complexity index is 431. The van der Waals surface area contributed by atoms with Crippen LogP contribution in [0.4, 0.5) is 8.78 Å². The SMILES string of the molecule is CCC(C)(CCN)NC(=O)Cc1c(F)cccc1F. The van der Waals surface area contributed by atoms with E-state index in [2.05, 4.69) is 5.32 Å². The Hall–Kier alpha value is -1.49. The van der Waals surface area contributed by atoms with Gasteiger partial charge in [-0.15, -0.1) is 0 Å². The van der Waals surface area contributed by atoms with Gasteiger partial charge in [-0.2, -0.15) is 0 Å². The van der Waals surface area contributed by atoms with E-state index in [1.54, 1.807) is 0 Å². The lowest BCUT2D eigenvalue weighted by Crippen LogP contribution is -2.47. The number of benzene rings is 1. The van der Waals surface area contributed by atoms with E-state index in [0.717, 1.165) is 12.1 Å². The fraction of sp³-hybridized carbons (Fsp3) is 0.500. The van der Waals surface area contributed by atoms with E-state index in [4.69, 9.17) is 5.73 Å².